The van der Waals surface area contributed by atoms with E-state index in [2.05, 4.69) is 10.3 Å². The van der Waals surface area contributed by atoms with Crippen molar-refractivity contribution in [1.29, 1.82) is 0 Å². The lowest BCUT2D eigenvalue weighted by molar-refractivity contribution is -0.130. The zero-order valence-electron chi connectivity index (χ0n) is 17.9. The van der Waals surface area contributed by atoms with Crippen LogP contribution in [0.4, 0.5) is 29.1 Å². The van der Waals surface area contributed by atoms with Gasteiger partial charge >= 0.3 is 0 Å². The van der Waals surface area contributed by atoms with Crippen LogP contribution in [0.15, 0.2) is 24.3 Å². The number of carbonyl (C=O) groups excluding carboxylic acids is 2. The molecule has 0 radical (unpaired) electrons. The van der Waals surface area contributed by atoms with E-state index in [1.54, 1.807) is 0 Å². The maximum absolute atomic E-state index is 13.5. The molecule has 2 amide bonds. The first-order valence-corrected chi connectivity index (χ1v) is 10.7. The minimum Gasteiger partial charge on any atom is -0.466 e. The Hall–Kier alpha value is -2.88. The number of ether oxygens (including phenoxy) is 1. The van der Waals surface area contributed by atoms with E-state index in [4.69, 9.17) is 16.3 Å². The number of nitrogens with zero attached hydrogens (tertiary/aromatic N) is 2. The first kappa shape index (κ1) is 24.8. The zero-order valence-corrected chi connectivity index (χ0v) is 18.7. The van der Waals surface area contributed by atoms with Crippen LogP contribution in [0.25, 0.3) is 0 Å². The summed E-state index contributed by atoms with van der Waals surface area (Å²) in [6.45, 7) is 3.48. The van der Waals surface area contributed by atoms with Gasteiger partial charge in [-0.25, -0.2) is 17.6 Å². The Kier molecular flexibility index (Phi) is 7.46. The normalized spacial score (nSPS) is 16.7. The second-order valence-corrected chi connectivity index (χ2v) is 7.98. The first-order chi connectivity index (χ1) is 15.6. The lowest BCUT2D eigenvalue weighted by Gasteiger charge is -2.34. The molecule has 1 N–H and O–H groups in total. The summed E-state index contributed by atoms with van der Waals surface area (Å²) in [7, 11) is 0. The van der Waals surface area contributed by atoms with E-state index in [0.29, 0.717) is 0 Å². The van der Waals surface area contributed by atoms with E-state index in [1.807, 2.05) is 13.8 Å². The number of nitrogens with one attached hydrogen (secondary N) is 1. The van der Waals surface area contributed by atoms with Gasteiger partial charge in [-0.3, -0.25) is 9.59 Å². The molecule has 1 saturated carbocycles. The van der Waals surface area contributed by atoms with Crippen LogP contribution in [0.1, 0.15) is 38.7 Å². The topological polar surface area (TPSA) is 71.5 Å². The Morgan fingerprint density at radius 2 is 1.85 bits per heavy atom. The molecule has 0 saturated heterocycles. The van der Waals surface area contributed by atoms with Gasteiger partial charge in [0.2, 0.25) is 17.7 Å². The van der Waals surface area contributed by atoms with Crippen LogP contribution in [0, 0.1) is 17.6 Å². The van der Waals surface area contributed by atoms with Gasteiger partial charge in [-0.05, 0) is 29.7 Å². The number of benzene rings is 1. The van der Waals surface area contributed by atoms with Gasteiger partial charge in [0.05, 0.1) is 11.6 Å². The van der Waals surface area contributed by atoms with Crippen molar-refractivity contribution in [3.8, 4) is 5.88 Å². The van der Waals surface area contributed by atoms with E-state index in [-0.39, 0.29) is 60.4 Å². The van der Waals surface area contributed by atoms with Crippen molar-refractivity contribution < 1.29 is 31.9 Å². The van der Waals surface area contributed by atoms with Gasteiger partial charge in [0.15, 0.2) is 12.4 Å². The average molecular weight is 488 g/mol. The Morgan fingerprint density at radius 3 is 2.45 bits per heavy atom. The summed E-state index contributed by atoms with van der Waals surface area (Å²) < 4.78 is 58.2. The van der Waals surface area contributed by atoms with Gasteiger partial charge < -0.3 is 15.0 Å². The third kappa shape index (κ3) is 5.93. The number of anilines is 2. The smallest absolute Gasteiger partial charge is 0.265 e. The highest BCUT2D eigenvalue weighted by molar-refractivity contribution is 6.33. The van der Waals surface area contributed by atoms with Crippen LogP contribution in [-0.4, -0.2) is 29.3 Å². The van der Waals surface area contributed by atoms with Gasteiger partial charge in [0.25, 0.3) is 5.91 Å². The van der Waals surface area contributed by atoms with Gasteiger partial charge in [0, 0.05) is 25.3 Å². The van der Waals surface area contributed by atoms with Crippen molar-refractivity contribution in [3.63, 3.8) is 0 Å². The number of hydrogen-bond donors (Lipinski definition) is 1. The quantitative estimate of drug-likeness (QED) is 0.578. The highest BCUT2D eigenvalue weighted by atomic mass is 35.5. The maximum Gasteiger partial charge on any atom is 0.265 e. The lowest BCUT2D eigenvalue weighted by Crippen LogP contribution is -2.39. The highest BCUT2D eigenvalue weighted by Gasteiger charge is 2.45. The third-order valence-corrected chi connectivity index (χ3v) is 5.30. The summed E-state index contributed by atoms with van der Waals surface area (Å²) in [5, 5.41) is 2.45. The van der Waals surface area contributed by atoms with Crippen LogP contribution in [0.3, 0.4) is 0 Å². The molecule has 33 heavy (non-hydrogen) atoms. The molecule has 6 nitrogen and oxygen atoms in total. The molecule has 1 aromatic carbocycles. The summed E-state index contributed by atoms with van der Waals surface area (Å²) in [5.41, 5.74) is 0.382. The molecular formula is C22H22ClF4N3O3. The number of pyridine rings is 1. The van der Waals surface area contributed by atoms with Crippen molar-refractivity contribution in [2.45, 2.75) is 45.6 Å². The van der Waals surface area contributed by atoms with Crippen LogP contribution in [0.5, 0.6) is 5.88 Å². The molecule has 2 heterocycles. The number of halogens is 5. The minimum atomic E-state index is -2.72. The molecule has 0 bridgehead atoms. The van der Waals surface area contributed by atoms with Crippen molar-refractivity contribution >= 4 is 34.9 Å². The number of carbonyl (C=O) groups is 2. The standard InChI is InChI=1S/C20H16ClF4N3O3.C2H6/c21-14-5-15-19(27-18(14)26-16(29)3-11-6-20(24,25)7-11)31-9-17(30)28(15)8-10-1-12(22)4-13(23)2-10;1-2/h1-2,4-5,11H,3,6-9H2,(H,26,27,29);1-2H3. The molecular weight excluding hydrogens is 466 g/mol. The van der Waals surface area contributed by atoms with Crippen molar-refractivity contribution in [1.82, 2.24) is 4.98 Å². The number of amides is 2. The van der Waals surface area contributed by atoms with E-state index >= 15 is 0 Å². The predicted molar refractivity (Wildman–Crippen MR) is 115 cm³/mol. The molecule has 4 rings (SSSR count). The number of rotatable bonds is 5. The summed E-state index contributed by atoms with van der Waals surface area (Å²) in [6.07, 6.45) is -0.777. The average Bonchev–Trinajstić information content (AvgIpc) is 2.71. The fourth-order valence-corrected chi connectivity index (χ4v) is 3.82. The van der Waals surface area contributed by atoms with Crippen molar-refractivity contribution in [2.75, 3.05) is 16.8 Å². The Bertz CT molecular complexity index is 1040. The summed E-state index contributed by atoms with van der Waals surface area (Å²) >= 11 is 6.19. The third-order valence-electron chi connectivity index (χ3n) is 5.02. The SMILES string of the molecule is CC.O=C(CC1CC(F)(F)C1)Nc1nc2c(cc1Cl)N(Cc1cc(F)cc(F)c1)C(=O)CO2. The molecule has 1 aliphatic carbocycles. The second-order valence-electron chi connectivity index (χ2n) is 7.57. The van der Waals surface area contributed by atoms with Crippen LogP contribution >= 0.6 is 11.6 Å². The van der Waals surface area contributed by atoms with Gasteiger partial charge in [-0.1, -0.05) is 25.4 Å². The van der Waals surface area contributed by atoms with E-state index in [0.717, 1.165) is 18.2 Å². The fraction of sp³-hybridized carbons (Fsp3) is 0.409. The zero-order chi connectivity index (χ0) is 24.3. The molecule has 0 spiro atoms. The van der Waals surface area contributed by atoms with Crippen LogP contribution in [-0.2, 0) is 16.1 Å². The van der Waals surface area contributed by atoms with Gasteiger partial charge in [0.1, 0.15) is 17.3 Å². The van der Waals surface area contributed by atoms with E-state index in [9.17, 15) is 27.2 Å². The molecule has 0 atom stereocenters. The molecule has 11 heteroatoms. The van der Waals surface area contributed by atoms with Crippen LogP contribution < -0.4 is 15.0 Å². The second kappa shape index (κ2) is 9.94. The summed E-state index contributed by atoms with van der Waals surface area (Å²) in [4.78, 5) is 29.8. The van der Waals surface area contributed by atoms with Crippen molar-refractivity contribution in [2.24, 2.45) is 5.92 Å². The lowest BCUT2D eigenvalue weighted by atomic mass is 9.79. The Labute approximate surface area is 192 Å². The Morgan fingerprint density at radius 1 is 1.21 bits per heavy atom. The highest BCUT2D eigenvalue weighted by Crippen LogP contribution is 2.44. The monoisotopic (exact) mass is 487 g/mol. The predicted octanol–water partition coefficient (Wildman–Crippen LogP) is 5.34. The van der Waals surface area contributed by atoms with E-state index in [1.165, 1.54) is 11.0 Å². The fourth-order valence-electron chi connectivity index (χ4n) is 3.62. The van der Waals surface area contributed by atoms with Gasteiger partial charge in [-0.15, -0.1) is 0 Å². The molecule has 2 aliphatic rings. The van der Waals surface area contributed by atoms with E-state index < -0.39 is 35.3 Å². The molecule has 1 fully saturated rings. The maximum atomic E-state index is 13.5. The number of fused-ring (bicyclic) bond motifs is 1. The number of aromatic nitrogens is 1. The molecule has 0 unspecified atom stereocenters. The summed E-state index contributed by atoms with van der Waals surface area (Å²) in [6, 6.07) is 4.25. The minimum absolute atomic E-state index is 0.00801. The molecule has 2 aromatic rings. The first-order valence-electron chi connectivity index (χ1n) is 10.4. The summed E-state index contributed by atoms with van der Waals surface area (Å²) in [5.74, 6) is -5.74. The molecule has 1 aromatic heterocycles. The van der Waals surface area contributed by atoms with Gasteiger partial charge in [-0.2, -0.15) is 4.98 Å². The van der Waals surface area contributed by atoms with Crippen molar-refractivity contribution in [3.05, 3.63) is 46.5 Å². The Balaban J connectivity index is 0.00000149. The number of hydrogen-bond acceptors (Lipinski definition) is 4. The largest absolute Gasteiger partial charge is 0.466 e. The van der Waals surface area contributed by atoms with Crippen LogP contribution in [0.2, 0.25) is 5.02 Å². The molecule has 178 valence electrons. The molecule has 1 aliphatic heterocycles. The number of alkyl halides is 2.